The summed E-state index contributed by atoms with van der Waals surface area (Å²) >= 11 is 0. The first-order valence-electron chi connectivity index (χ1n) is 4.65. The van der Waals surface area contributed by atoms with Gasteiger partial charge < -0.3 is 4.98 Å². The van der Waals surface area contributed by atoms with E-state index in [1.165, 1.54) is 33.3 Å². The number of H-pyrrole nitrogens is 1. The highest BCUT2D eigenvalue weighted by atomic mass is 14.7. The second-order valence-electron chi connectivity index (χ2n) is 3.88. The van der Waals surface area contributed by atoms with Crippen molar-refractivity contribution in [2.24, 2.45) is 0 Å². The normalized spacial score (nSPS) is 11.1. The Morgan fingerprint density at radius 1 is 0.923 bits per heavy atom. The summed E-state index contributed by atoms with van der Waals surface area (Å²) in [6, 6.07) is 4.47. The molecule has 0 spiro atoms. The van der Waals surface area contributed by atoms with Crippen LogP contribution in [0.1, 0.15) is 22.4 Å². The molecule has 0 fully saturated rings. The lowest BCUT2D eigenvalue weighted by molar-refractivity contribution is 1.27. The highest BCUT2D eigenvalue weighted by molar-refractivity contribution is 5.87. The van der Waals surface area contributed by atoms with Crippen LogP contribution >= 0.6 is 0 Å². The lowest BCUT2D eigenvalue weighted by Crippen LogP contribution is -1.85. The summed E-state index contributed by atoms with van der Waals surface area (Å²) in [6.45, 7) is 8.61. The van der Waals surface area contributed by atoms with Crippen LogP contribution in [0.3, 0.4) is 0 Å². The largest absolute Gasteiger partial charge is 0.358 e. The molecular weight excluding hydrogens is 158 g/mol. The van der Waals surface area contributed by atoms with Crippen LogP contribution in [0, 0.1) is 27.7 Å². The van der Waals surface area contributed by atoms with E-state index < -0.39 is 0 Å². The average Bonchev–Trinajstić information content (AvgIpc) is 2.44. The Hall–Kier alpha value is -1.24. The average molecular weight is 173 g/mol. The number of aryl methyl sites for hydroxylation is 4. The number of hydrogen-bond donors (Lipinski definition) is 1. The van der Waals surface area contributed by atoms with Crippen molar-refractivity contribution in [1.82, 2.24) is 4.98 Å². The maximum Gasteiger partial charge on any atom is 0.0491 e. The van der Waals surface area contributed by atoms with Gasteiger partial charge in [-0.25, -0.2) is 0 Å². The van der Waals surface area contributed by atoms with E-state index in [4.69, 9.17) is 0 Å². The minimum atomic E-state index is 1.24. The molecule has 0 atom stereocenters. The van der Waals surface area contributed by atoms with Gasteiger partial charge in [-0.05, 0) is 50.5 Å². The van der Waals surface area contributed by atoms with Crippen molar-refractivity contribution in [3.63, 3.8) is 0 Å². The Kier molecular flexibility index (Phi) is 1.69. The van der Waals surface area contributed by atoms with Crippen molar-refractivity contribution in [1.29, 1.82) is 0 Å². The van der Waals surface area contributed by atoms with Gasteiger partial charge in [0.15, 0.2) is 0 Å². The van der Waals surface area contributed by atoms with E-state index in [1.54, 1.807) is 0 Å². The Morgan fingerprint density at radius 3 is 2.31 bits per heavy atom. The van der Waals surface area contributed by atoms with Crippen LogP contribution in [0.4, 0.5) is 0 Å². The lowest BCUT2D eigenvalue weighted by Gasteiger charge is -2.04. The van der Waals surface area contributed by atoms with Gasteiger partial charge >= 0.3 is 0 Å². The summed E-state index contributed by atoms with van der Waals surface area (Å²) in [6.07, 6.45) is 0. The summed E-state index contributed by atoms with van der Waals surface area (Å²) in [5, 5.41) is 1.36. The minimum Gasteiger partial charge on any atom is -0.358 e. The number of benzene rings is 1. The molecular formula is C12H15N. The van der Waals surface area contributed by atoms with E-state index in [0.29, 0.717) is 0 Å². The second-order valence-corrected chi connectivity index (χ2v) is 3.88. The quantitative estimate of drug-likeness (QED) is 0.628. The van der Waals surface area contributed by atoms with Crippen molar-refractivity contribution in [2.45, 2.75) is 27.7 Å². The van der Waals surface area contributed by atoms with Gasteiger partial charge in [0.1, 0.15) is 0 Å². The van der Waals surface area contributed by atoms with E-state index in [-0.39, 0.29) is 0 Å². The molecule has 2 aromatic rings. The molecule has 2 rings (SSSR count). The highest BCUT2D eigenvalue weighted by Crippen LogP contribution is 2.25. The first kappa shape index (κ1) is 8.36. The molecule has 0 saturated heterocycles. The number of rotatable bonds is 0. The van der Waals surface area contributed by atoms with E-state index in [2.05, 4.69) is 44.8 Å². The first-order valence-corrected chi connectivity index (χ1v) is 4.65. The maximum atomic E-state index is 3.41. The van der Waals surface area contributed by atoms with Gasteiger partial charge in [-0.3, -0.25) is 0 Å². The van der Waals surface area contributed by atoms with E-state index in [0.717, 1.165) is 0 Å². The Labute approximate surface area is 78.8 Å². The maximum absolute atomic E-state index is 3.41. The molecule has 1 heterocycles. The van der Waals surface area contributed by atoms with Gasteiger partial charge in [0, 0.05) is 16.6 Å². The number of aromatic nitrogens is 1. The zero-order chi connectivity index (χ0) is 9.59. The molecule has 0 unspecified atom stereocenters. The first-order chi connectivity index (χ1) is 6.09. The summed E-state index contributed by atoms with van der Waals surface area (Å²) in [5.74, 6) is 0. The molecule has 1 nitrogen and oxygen atoms in total. The molecule has 0 bridgehead atoms. The summed E-state index contributed by atoms with van der Waals surface area (Å²) in [7, 11) is 0. The molecule has 0 saturated carbocycles. The second kappa shape index (κ2) is 2.63. The van der Waals surface area contributed by atoms with Crippen molar-refractivity contribution in [2.75, 3.05) is 0 Å². The zero-order valence-corrected chi connectivity index (χ0v) is 8.65. The Morgan fingerprint density at radius 2 is 1.62 bits per heavy atom. The number of fused-ring (bicyclic) bond motifs is 1. The van der Waals surface area contributed by atoms with E-state index in [1.807, 2.05) is 0 Å². The van der Waals surface area contributed by atoms with Gasteiger partial charge in [-0.1, -0.05) is 6.07 Å². The summed E-state index contributed by atoms with van der Waals surface area (Å²) < 4.78 is 0. The van der Waals surface area contributed by atoms with Crippen LogP contribution in [0.15, 0.2) is 12.1 Å². The lowest BCUT2D eigenvalue weighted by atomic mass is 10.0. The topological polar surface area (TPSA) is 15.8 Å². The molecule has 1 aromatic heterocycles. The fraction of sp³-hybridized carbons (Fsp3) is 0.333. The molecule has 0 aliphatic rings. The highest BCUT2D eigenvalue weighted by Gasteiger charge is 2.05. The Bertz CT molecular complexity index is 463. The molecule has 1 aromatic carbocycles. The molecule has 0 radical (unpaired) electrons. The number of nitrogens with one attached hydrogen (secondary N) is 1. The fourth-order valence-corrected chi connectivity index (χ4v) is 1.90. The number of hydrogen-bond acceptors (Lipinski definition) is 0. The molecule has 1 N–H and O–H groups in total. The minimum absolute atomic E-state index is 1.24. The molecule has 1 heteroatoms. The van der Waals surface area contributed by atoms with Gasteiger partial charge in [-0.2, -0.15) is 0 Å². The van der Waals surface area contributed by atoms with Crippen LogP contribution in [0.2, 0.25) is 0 Å². The summed E-state index contributed by atoms with van der Waals surface area (Å²) in [5.41, 5.74) is 6.64. The van der Waals surface area contributed by atoms with Gasteiger partial charge in [-0.15, -0.1) is 0 Å². The van der Waals surface area contributed by atoms with Gasteiger partial charge in [0.05, 0.1) is 0 Å². The molecule has 0 aliphatic carbocycles. The third kappa shape index (κ3) is 1.15. The third-order valence-corrected chi connectivity index (χ3v) is 2.78. The Balaban J connectivity index is 2.95. The van der Waals surface area contributed by atoms with Crippen molar-refractivity contribution in [3.05, 3.63) is 34.5 Å². The number of aromatic amines is 1. The third-order valence-electron chi connectivity index (χ3n) is 2.78. The smallest absolute Gasteiger partial charge is 0.0491 e. The fourth-order valence-electron chi connectivity index (χ4n) is 1.90. The van der Waals surface area contributed by atoms with Crippen LogP contribution in [-0.4, -0.2) is 4.98 Å². The molecule has 0 amide bonds. The summed E-state index contributed by atoms with van der Waals surface area (Å²) in [4.78, 5) is 3.41. The molecule has 0 aliphatic heterocycles. The van der Waals surface area contributed by atoms with Crippen LogP contribution in [0.25, 0.3) is 10.9 Å². The van der Waals surface area contributed by atoms with Crippen LogP contribution in [0.5, 0.6) is 0 Å². The van der Waals surface area contributed by atoms with E-state index >= 15 is 0 Å². The predicted octanol–water partition coefficient (Wildman–Crippen LogP) is 3.40. The molecule has 13 heavy (non-hydrogen) atoms. The SMILES string of the molecule is Cc1cc2c(C)cc(C)c(C)c2[nH]1. The predicted molar refractivity (Wildman–Crippen MR) is 57.2 cm³/mol. The monoisotopic (exact) mass is 173 g/mol. The zero-order valence-electron chi connectivity index (χ0n) is 8.65. The van der Waals surface area contributed by atoms with Crippen molar-refractivity contribution >= 4 is 10.9 Å². The van der Waals surface area contributed by atoms with Crippen LogP contribution in [-0.2, 0) is 0 Å². The van der Waals surface area contributed by atoms with Crippen molar-refractivity contribution < 1.29 is 0 Å². The molecule has 68 valence electrons. The van der Waals surface area contributed by atoms with Gasteiger partial charge in [0.2, 0.25) is 0 Å². The standard InChI is InChI=1S/C12H15N/c1-7-5-8(2)11-6-9(3)13-12(11)10(7)4/h5-6,13H,1-4H3. The van der Waals surface area contributed by atoms with E-state index in [9.17, 15) is 0 Å². The van der Waals surface area contributed by atoms with Crippen LogP contribution < -0.4 is 0 Å². The van der Waals surface area contributed by atoms with Gasteiger partial charge in [0.25, 0.3) is 0 Å². The van der Waals surface area contributed by atoms with Crippen molar-refractivity contribution in [3.8, 4) is 0 Å².